The molecule has 0 amide bonds. The number of benzene rings is 1. The summed E-state index contributed by atoms with van der Waals surface area (Å²) >= 11 is 2.96. The number of nitrogens with zero attached hydrogens (tertiary/aromatic N) is 2. The Bertz CT molecular complexity index is 1180. The van der Waals surface area contributed by atoms with Crippen LogP contribution >= 0.6 is 23.1 Å². The summed E-state index contributed by atoms with van der Waals surface area (Å²) < 4.78 is 12.4. The molecule has 0 spiro atoms. The fraction of sp³-hybridized carbons (Fsp3) is 0.381. The van der Waals surface area contributed by atoms with Crippen LogP contribution in [0.15, 0.2) is 28.2 Å². The maximum Gasteiger partial charge on any atom is 0.263 e. The van der Waals surface area contributed by atoms with Gasteiger partial charge in [0, 0.05) is 17.0 Å². The lowest BCUT2D eigenvalue weighted by atomic mass is 10.1. The van der Waals surface area contributed by atoms with Crippen LogP contribution < -0.4 is 15.0 Å². The van der Waals surface area contributed by atoms with Crippen LogP contribution in [-0.2, 0) is 19.4 Å². The van der Waals surface area contributed by atoms with Crippen molar-refractivity contribution in [3.8, 4) is 11.5 Å². The third-order valence-electron chi connectivity index (χ3n) is 5.26. The Hall–Kier alpha value is -2.32. The van der Waals surface area contributed by atoms with Crippen LogP contribution in [0.25, 0.3) is 10.2 Å². The molecule has 0 saturated heterocycles. The topological polar surface area (TPSA) is 70.4 Å². The van der Waals surface area contributed by atoms with Crippen molar-refractivity contribution in [2.75, 3.05) is 12.5 Å². The molecule has 1 aromatic carbocycles. The molecule has 6 nitrogen and oxygen atoms in total. The maximum absolute atomic E-state index is 13.2. The predicted octanol–water partition coefficient (Wildman–Crippen LogP) is 4.06. The van der Waals surface area contributed by atoms with Crippen molar-refractivity contribution in [3.05, 3.63) is 44.6 Å². The minimum absolute atomic E-state index is 0.0284. The standard InChI is InChI=1S/C21H20N2O4S2/c1-2-8-23-20(25)18-13-4-3-5-17(13)29-19(18)22-21(23)28-10-14(24)12-6-7-15-16(9-12)27-11-26-15/h6-7,9H,2-5,8,10-11H2,1H3. The second-order valence-corrected chi connectivity index (χ2v) is 9.19. The summed E-state index contributed by atoms with van der Waals surface area (Å²) in [5.74, 6) is 1.44. The van der Waals surface area contributed by atoms with E-state index in [2.05, 4.69) is 0 Å². The van der Waals surface area contributed by atoms with Crippen LogP contribution in [-0.4, -0.2) is 27.9 Å². The van der Waals surface area contributed by atoms with Crippen LogP contribution in [0.1, 0.15) is 40.6 Å². The van der Waals surface area contributed by atoms with Gasteiger partial charge in [-0.1, -0.05) is 18.7 Å². The molecular weight excluding hydrogens is 408 g/mol. The number of aromatic nitrogens is 2. The van der Waals surface area contributed by atoms with Gasteiger partial charge in [-0.05, 0) is 49.4 Å². The summed E-state index contributed by atoms with van der Waals surface area (Å²) in [6, 6.07) is 5.21. The number of hydrogen-bond donors (Lipinski definition) is 0. The predicted molar refractivity (Wildman–Crippen MR) is 114 cm³/mol. The number of carbonyl (C=O) groups is 1. The van der Waals surface area contributed by atoms with Crippen LogP contribution in [0.3, 0.4) is 0 Å². The van der Waals surface area contributed by atoms with Gasteiger partial charge in [0.15, 0.2) is 22.4 Å². The van der Waals surface area contributed by atoms with E-state index in [1.165, 1.54) is 22.2 Å². The van der Waals surface area contributed by atoms with Gasteiger partial charge in [0.1, 0.15) is 4.83 Å². The second-order valence-electron chi connectivity index (χ2n) is 7.17. The fourth-order valence-corrected chi connectivity index (χ4v) is 6.09. The monoisotopic (exact) mass is 428 g/mol. The highest BCUT2D eigenvalue weighted by molar-refractivity contribution is 7.99. The SMILES string of the molecule is CCCn1c(SCC(=O)c2ccc3c(c2)OCO3)nc2sc3c(c2c1=O)CCC3. The molecular formula is C21H20N2O4S2. The van der Waals surface area contributed by atoms with Crippen molar-refractivity contribution in [2.24, 2.45) is 0 Å². The molecule has 1 aliphatic heterocycles. The number of carbonyl (C=O) groups excluding carboxylic acids is 1. The Balaban J connectivity index is 1.44. The third kappa shape index (κ3) is 3.24. The normalized spacial score (nSPS) is 14.5. The Morgan fingerprint density at radius 1 is 1.28 bits per heavy atom. The van der Waals surface area contributed by atoms with Gasteiger partial charge in [-0.15, -0.1) is 11.3 Å². The van der Waals surface area contributed by atoms with Crippen LogP contribution in [0.4, 0.5) is 0 Å². The first kappa shape index (κ1) is 18.7. The number of fused-ring (bicyclic) bond motifs is 4. The lowest BCUT2D eigenvalue weighted by Gasteiger charge is -2.11. The highest BCUT2D eigenvalue weighted by Gasteiger charge is 2.24. The molecule has 0 radical (unpaired) electrons. The molecule has 0 saturated carbocycles. The zero-order chi connectivity index (χ0) is 20.0. The number of aryl methyl sites for hydroxylation is 2. The summed E-state index contributed by atoms with van der Waals surface area (Å²) in [4.78, 5) is 32.8. The molecule has 8 heteroatoms. The Labute approximate surface area is 175 Å². The first-order valence-corrected chi connectivity index (χ1v) is 11.6. The fourth-order valence-electron chi connectivity index (χ4n) is 3.87. The maximum atomic E-state index is 13.2. The molecule has 0 unspecified atom stereocenters. The van der Waals surface area contributed by atoms with Gasteiger partial charge in [-0.3, -0.25) is 14.2 Å². The van der Waals surface area contributed by atoms with E-state index in [0.717, 1.165) is 35.9 Å². The van der Waals surface area contributed by atoms with Gasteiger partial charge < -0.3 is 9.47 Å². The van der Waals surface area contributed by atoms with Crippen LogP contribution in [0.5, 0.6) is 11.5 Å². The molecule has 0 fully saturated rings. The Morgan fingerprint density at radius 2 is 2.14 bits per heavy atom. The summed E-state index contributed by atoms with van der Waals surface area (Å²) in [5, 5.41) is 1.42. The quantitative estimate of drug-likeness (QED) is 0.335. The van der Waals surface area contributed by atoms with Gasteiger partial charge in [0.05, 0.1) is 11.1 Å². The number of ether oxygens (including phenoxy) is 2. The summed E-state index contributed by atoms with van der Waals surface area (Å²) in [7, 11) is 0. The van der Waals surface area contributed by atoms with Crippen molar-refractivity contribution >= 4 is 39.1 Å². The summed E-state index contributed by atoms with van der Waals surface area (Å²) in [6.07, 6.45) is 3.95. The van der Waals surface area contributed by atoms with Gasteiger partial charge >= 0.3 is 0 Å². The Morgan fingerprint density at radius 3 is 3.00 bits per heavy atom. The highest BCUT2D eigenvalue weighted by Crippen LogP contribution is 2.36. The summed E-state index contributed by atoms with van der Waals surface area (Å²) in [6.45, 7) is 2.83. The molecule has 0 atom stereocenters. The van der Waals surface area contributed by atoms with Gasteiger partial charge in [0.2, 0.25) is 6.79 Å². The highest BCUT2D eigenvalue weighted by atomic mass is 32.2. The van der Waals surface area contributed by atoms with E-state index < -0.39 is 0 Å². The minimum atomic E-state index is -0.0284. The number of thiophene rings is 1. The zero-order valence-electron chi connectivity index (χ0n) is 16.0. The van der Waals surface area contributed by atoms with Crippen molar-refractivity contribution < 1.29 is 14.3 Å². The number of thioether (sulfide) groups is 1. The van der Waals surface area contributed by atoms with Crippen molar-refractivity contribution in [2.45, 2.75) is 44.3 Å². The van der Waals surface area contributed by atoms with E-state index in [1.54, 1.807) is 34.1 Å². The molecule has 5 rings (SSSR count). The van der Waals surface area contributed by atoms with E-state index in [4.69, 9.17) is 14.5 Å². The molecule has 3 heterocycles. The van der Waals surface area contributed by atoms with Gasteiger partial charge in [0.25, 0.3) is 5.56 Å². The second kappa shape index (κ2) is 7.50. The lowest BCUT2D eigenvalue weighted by Crippen LogP contribution is -2.23. The third-order valence-corrected chi connectivity index (χ3v) is 7.43. The molecule has 150 valence electrons. The number of ketones is 1. The molecule has 3 aromatic rings. The Kier molecular flexibility index (Phi) is 4.83. The first-order chi connectivity index (χ1) is 14.2. The number of rotatable bonds is 6. The minimum Gasteiger partial charge on any atom is -0.454 e. The smallest absolute Gasteiger partial charge is 0.263 e. The van der Waals surface area contributed by atoms with Gasteiger partial charge in [-0.2, -0.15) is 0 Å². The summed E-state index contributed by atoms with van der Waals surface area (Å²) in [5.41, 5.74) is 1.80. The van der Waals surface area contributed by atoms with Crippen molar-refractivity contribution in [3.63, 3.8) is 0 Å². The van der Waals surface area contributed by atoms with E-state index in [0.29, 0.717) is 28.8 Å². The lowest BCUT2D eigenvalue weighted by molar-refractivity contribution is 0.102. The van der Waals surface area contributed by atoms with Gasteiger partial charge in [-0.25, -0.2) is 4.98 Å². The zero-order valence-corrected chi connectivity index (χ0v) is 17.7. The van der Waals surface area contributed by atoms with E-state index in [-0.39, 0.29) is 23.9 Å². The number of Topliss-reactive ketones (excluding diaryl/α,β-unsaturated/α-hetero) is 1. The van der Waals surface area contributed by atoms with E-state index in [9.17, 15) is 9.59 Å². The average molecular weight is 429 g/mol. The molecule has 0 N–H and O–H groups in total. The molecule has 2 aliphatic rings. The van der Waals surface area contributed by atoms with Crippen LogP contribution in [0.2, 0.25) is 0 Å². The van der Waals surface area contributed by atoms with E-state index in [1.807, 2.05) is 6.92 Å². The molecule has 0 bridgehead atoms. The number of hydrogen-bond acceptors (Lipinski definition) is 7. The first-order valence-electron chi connectivity index (χ1n) is 9.76. The van der Waals surface area contributed by atoms with E-state index >= 15 is 0 Å². The molecule has 1 aliphatic carbocycles. The van der Waals surface area contributed by atoms with Crippen molar-refractivity contribution in [1.82, 2.24) is 9.55 Å². The average Bonchev–Trinajstić information content (AvgIpc) is 3.43. The molecule has 2 aromatic heterocycles. The van der Waals surface area contributed by atoms with Crippen LogP contribution in [0, 0.1) is 0 Å². The molecule has 29 heavy (non-hydrogen) atoms. The largest absolute Gasteiger partial charge is 0.454 e. The van der Waals surface area contributed by atoms with Crippen molar-refractivity contribution in [1.29, 1.82) is 0 Å².